The van der Waals surface area contributed by atoms with Crippen LogP contribution in [0, 0.1) is 0 Å². The molecule has 7 heteroatoms. The fourth-order valence-electron chi connectivity index (χ4n) is 3.62. The molecule has 0 unspecified atom stereocenters. The van der Waals surface area contributed by atoms with Gasteiger partial charge in [0.15, 0.2) is 17.4 Å². The van der Waals surface area contributed by atoms with E-state index in [4.69, 9.17) is 10.2 Å². The van der Waals surface area contributed by atoms with E-state index in [1.165, 1.54) is 11.1 Å². The number of rotatable bonds is 6. The van der Waals surface area contributed by atoms with E-state index in [-0.39, 0.29) is 12.5 Å². The third-order valence-electron chi connectivity index (χ3n) is 4.74. The largest absolute Gasteiger partial charge is 0.456 e. The zero-order valence-electron chi connectivity index (χ0n) is 15.6. The summed E-state index contributed by atoms with van der Waals surface area (Å²) in [4.78, 5) is 18.0. The number of carbonyl (C=O) groups is 1. The van der Waals surface area contributed by atoms with Gasteiger partial charge in [-0.15, -0.1) is 0 Å². The number of carbonyl (C=O) groups excluding carboxylic acids is 1. The van der Waals surface area contributed by atoms with Gasteiger partial charge in [-0.3, -0.25) is 4.79 Å². The topological polar surface area (TPSA) is 90.2 Å². The van der Waals surface area contributed by atoms with Gasteiger partial charge in [0, 0.05) is 0 Å². The number of fused-ring (bicyclic) bond motifs is 1. The summed E-state index contributed by atoms with van der Waals surface area (Å²) < 4.78 is 7.89. The third kappa shape index (κ3) is 3.64. The van der Waals surface area contributed by atoms with Crippen molar-refractivity contribution < 1.29 is 9.21 Å². The van der Waals surface area contributed by atoms with Crippen molar-refractivity contribution in [1.29, 1.82) is 0 Å². The molecule has 2 aromatic heterocycles. The van der Waals surface area contributed by atoms with Crippen LogP contribution in [-0.4, -0.2) is 39.7 Å². The van der Waals surface area contributed by atoms with Gasteiger partial charge in [-0.25, -0.2) is 9.67 Å². The van der Waals surface area contributed by atoms with Gasteiger partial charge < -0.3 is 15.1 Å². The van der Waals surface area contributed by atoms with Gasteiger partial charge in [0.2, 0.25) is 5.91 Å². The van der Waals surface area contributed by atoms with Crippen molar-refractivity contribution in [2.24, 2.45) is 5.73 Å². The van der Waals surface area contributed by atoms with E-state index in [9.17, 15) is 4.79 Å². The lowest BCUT2D eigenvalue weighted by Crippen LogP contribution is -2.16. The second-order valence-corrected chi connectivity index (χ2v) is 7.27. The van der Waals surface area contributed by atoms with Crippen LogP contribution in [0.5, 0.6) is 0 Å². The van der Waals surface area contributed by atoms with Crippen LogP contribution in [0.1, 0.15) is 28.8 Å². The second-order valence-electron chi connectivity index (χ2n) is 7.27. The lowest BCUT2D eigenvalue weighted by atomic mass is 10.1. The van der Waals surface area contributed by atoms with Crippen molar-refractivity contribution in [3.8, 4) is 11.6 Å². The molecule has 0 saturated heterocycles. The molecule has 2 heterocycles. The predicted octanol–water partition coefficient (Wildman–Crippen LogP) is 1.97. The fraction of sp³-hybridized carbons (Fsp3) is 0.350. The Balaban J connectivity index is 1.69. The highest BCUT2D eigenvalue weighted by molar-refractivity contribution is 5.75. The average molecular weight is 365 g/mol. The van der Waals surface area contributed by atoms with Gasteiger partial charge in [-0.1, -0.05) is 24.3 Å². The third-order valence-corrected chi connectivity index (χ3v) is 4.74. The molecule has 3 aromatic rings. The normalized spacial score (nSPS) is 14.0. The summed E-state index contributed by atoms with van der Waals surface area (Å²) in [6, 6.07) is 12.4. The Morgan fingerprint density at radius 2 is 1.93 bits per heavy atom. The number of hydrogen-bond donors (Lipinski definition) is 1. The molecule has 7 nitrogen and oxygen atoms in total. The molecule has 1 aliphatic rings. The van der Waals surface area contributed by atoms with Gasteiger partial charge in [0.1, 0.15) is 5.76 Å². The van der Waals surface area contributed by atoms with E-state index >= 15 is 0 Å². The first-order valence-electron chi connectivity index (χ1n) is 9.04. The van der Waals surface area contributed by atoms with Gasteiger partial charge >= 0.3 is 0 Å². The highest BCUT2D eigenvalue weighted by Gasteiger charge is 2.28. The number of benzene rings is 1. The summed E-state index contributed by atoms with van der Waals surface area (Å²) >= 11 is 0. The van der Waals surface area contributed by atoms with Crippen LogP contribution in [0.3, 0.4) is 0 Å². The van der Waals surface area contributed by atoms with Gasteiger partial charge in [0.05, 0.1) is 19.0 Å². The number of primary amides is 1. The van der Waals surface area contributed by atoms with Crippen LogP contribution in [0.15, 0.2) is 40.8 Å². The maximum absolute atomic E-state index is 11.4. The molecule has 2 N–H and O–H groups in total. The number of nitrogens with two attached hydrogens (primary N) is 1. The van der Waals surface area contributed by atoms with Gasteiger partial charge in [0.25, 0.3) is 0 Å². The minimum Gasteiger partial charge on any atom is -0.456 e. The van der Waals surface area contributed by atoms with Crippen LogP contribution in [0.25, 0.3) is 11.6 Å². The van der Waals surface area contributed by atoms with E-state index in [1.54, 1.807) is 0 Å². The molecule has 0 aliphatic heterocycles. The molecule has 0 spiro atoms. The minimum atomic E-state index is -0.443. The molecule has 0 atom stereocenters. The Bertz CT molecular complexity index is 947. The van der Waals surface area contributed by atoms with Crippen LogP contribution >= 0.6 is 0 Å². The predicted molar refractivity (Wildman–Crippen MR) is 101 cm³/mol. The maximum Gasteiger partial charge on any atom is 0.225 e. The summed E-state index contributed by atoms with van der Waals surface area (Å²) in [5.41, 5.74) is 8.00. The molecule has 0 bridgehead atoms. The summed E-state index contributed by atoms with van der Waals surface area (Å²) in [7, 11) is 3.98. The van der Waals surface area contributed by atoms with E-state index in [0.29, 0.717) is 24.0 Å². The first-order valence-corrected chi connectivity index (χ1v) is 9.04. The fourth-order valence-corrected chi connectivity index (χ4v) is 3.62. The minimum absolute atomic E-state index is 0.0188. The summed E-state index contributed by atoms with van der Waals surface area (Å²) in [6.45, 7) is 0.706. The molecule has 1 amide bonds. The zero-order chi connectivity index (χ0) is 19.0. The first kappa shape index (κ1) is 17.5. The van der Waals surface area contributed by atoms with Crippen LogP contribution in [0.2, 0.25) is 0 Å². The van der Waals surface area contributed by atoms with Crippen molar-refractivity contribution in [2.75, 3.05) is 14.1 Å². The first-order chi connectivity index (χ1) is 13.0. The van der Waals surface area contributed by atoms with Crippen LogP contribution in [0.4, 0.5) is 0 Å². The zero-order valence-corrected chi connectivity index (χ0v) is 15.6. The Morgan fingerprint density at radius 1 is 1.22 bits per heavy atom. The Labute approximate surface area is 157 Å². The number of aromatic nitrogens is 3. The molecular formula is C20H23N5O2. The van der Waals surface area contributed by atoms with E-state index in [2.05, 4.69) is 34.3 Å². The SMILES string of the molecule is CN(C)Cc1ccc(-c2nc(CC(N)=O)nn2C2Cc3ccccc3C2)o1. The van der Waals surface area contributed by atoms with Gasteiger partial charge in [-0.05, 0) is 50.2 Å². The molecule has 0 radical (unpaired) electrons. The molecule has 1 aliphatic carbocycles. The van der Waals surface area contributed by atoms with E-state index in [0.717, 1.165) is 18.6 Å². The lowest BCUT2D eigenvalue weighted by Gasteiger charge is -2.12. The number of nitrogens with zero attached hydrogens (tertiary/aromatic N) is 4. The Hall–Kier alpha value is -2.93. The molecule has 27 heavy (non-hydrogen) atoms. The lowest BCUT2D eigenvalue weighted by molar-refractivity contribution is -0.117. The van der Waals surface area contributed by atoms with Crippen molar-refractivity contribution in [3.05, 3.63) is 59.1 Å². The average Bonchev–Trinajstić information content (AvgIpc) is 3.30. The van der Waals surface area contributed by atoms with Gasteiger partial charge in [-0.2, -0.15) is 5.10 Å². The smallest absolute Gasteiger partial charge is 0.225 e. The quantitative estimate of drug-likeness (QED) is 0.721. The van der Waals surface area contributed by atoms with Crippen LogP contribution < -0.4 is 5.73 Å². The van der Waals surface area contributed by atoms with Crippen molar-refractivity contribution in [1.82, 2.24) is 19.7 Å². The summed E-state index contributed by atoms with van der Waals surface area (Å²) in [5, 5.41) is 4.60. The Morgan fingerprint density at radius 3 is 2.56 bits per heavy atom. The monoisotopic (exact) mass is 365 g/mol. The number of hydrogen-bond acceptors (Lipinski definition) is 5. The van der Waals surface area contributed by atoms with Crippen molar-refractivity contribution >= 4 is 5.91 Å². The molecule has 0 fully saturated rings. The highest BCUT2D eigenvalue weighted by atomic mass is 16.3. The highest BCUT2D eigenvalue weighted by Crippen LogP contribution is 2.33. The van der Waals surface area contributed by atoms with E-state index in [1.807, 2.05) is 35.8 Å². The maximum atomic E-state index is 11.4. The van der Waals surface area contributed by atoms with Crippen molar-refractivity contribution in [2.45, 2.75) is 31.8 Å². The van der Waals surface area contributed by atoms with Crippen LogP contribution in [-0.2, 0) is 30.6 Å². The standard InChI is InChI=1S/C20H23N5O2/c1-24(2)12-16-7-8-17(27-16)20-22-19(11-18(21)26)23-25(20)15-9-13-5-3-4-6-14(13)10-15/h3-8,15H,9-12H2,1-2H3,(H2,21,26). The van der Waals surface area contributed by atoms with E-state index < -0.39 is 5.91 Å². The second kappa shape index (κ2) is 7.00. The number of furan rings is 1. The molecule has 0 saturated carbocycles. The number of amides is 1. The van der Waals surface area contributed by atoms with Crippen molar-refractivity contribution in [3.63, 3.8) is 0 Å². The summed E-state index contributed by atoms with van der Waals surface area (Å²) in [6.07, 6.45) is 1.78. The Kier molecular flexibility index (Phi) is 4.53. The molecule has 1 aromatic carbocycles. The molecular weight excluding hydrogens is 342 g/mol. The summed E-state index contributed by atoms with van der Waals surface area (Å²) in [5.74, 6) is 2.15. The molecule has 4 rings (SSSR count). The molecule has 140 valence electrons.